The predicted molar refractivity (Wildman–Crippen MR) is 82.8 cm³/mol. The average molecular weight is 302 g/mol. The number of hydrogen-bond acceptors (Lipinski definition) is 2. The standard InChI is InChI=1S/C16H13ClFN3/c17-14-3-1-2-12(16(14)18)10-19-13-6-4-11(5-7-13)15-8-9-20-21-15/h1-9,19H,10H2,(H,20,21). The first-order valence-corrected chi connectivity index (χ1v) is 6.88. The summed E-state index contributed by atoms with van der Waals surface area (Å²) in [6, 6.07) is 14.7. The van der Waals surface area contributed by atoms with E-state index in [0.717, 1.165) is 16.9 Å². The second kappa shape index (κ2) is 5.97. The van der Waals surface area contributed by atoms with E-state index < -0.39 is 0 Å². The maximum Gasteiger partial charge on any atom is 0.146 e. The van der Waals surface area contributed by atoms with Gasteiger partial charge in [-0.1, -0.05) is 35.9 Å². The van der Waals surface area contributed by atoms with E-state index in [9.17, 15) is 4.39 Å². The van der Waals surface area contributed by atoms with E-state index in [4.69, 9.17) is 11.6 Å². The number of nitrogens with one attached hydrogen (secondary N) is 2. The van der Waals surface area contributed by atoms with Crippen LogP contribution in [0.15, 0.2) is 54.7 Å². The van der Waals surface area contributed by atoms with Crippen molar-refractivity contribution in [1.29, 1.82) is 0 Å². The Hall–Kier alpha value is -2.33. The number of nitrogens with zero attached hydrogens (tertiary/aromatic N) is 1. The van der Waals surface area contributed by atoms with Crippen molar-refractivity contribution in [2.75, 3.05) is 5.32 Å². The van der Waals surface area contributed by atoms with Crippen LogP contribution < -0.4 is 5.32 Å². The highest BCUT2D eigenvalue weighted by molar-refractivity contribution is 6.30. The summed E-state index contributed by atoms with van der Waals surface area (Å²) in [5.41, 5.74) is 3.47. The molecule has 0 bridgehead atoms. The maximum absolute atomic E-state index is 13.8. The molecular formula is C16H13ClFN3. The molecule has 106 valence electrons. The van der Waals surface area contributed by atoms with E-state index >= 15 is 0 Å². The number of aromatic nitrogens is 2. The van der Waals surface area contributed by atoms with Crippen LogP contribution in [0.3, 0.4) is 0 Å². The van der Waals surface area contributed by atoms with Gasteiger partial charge in [0, 0.05) is 24.0 Å². The Bertz CT molecular complexity index is 724. The second-order valence-corrected chi connectivity index (χ2v) is 5.02. The van der Waals surface area contributed by atoms with Gasteiger partial charge in [0.05, 0.1) is 10.7 Å². The van der Waals surface area contributed by atoms with Crippen LogP contribution in [0.1, 0.15) is 5.56 Å². The summed E-state index contributed by atoms with van der Waals surface area (Å²) < 4.78 is 13.8. The number of rotatable bonds is 4. The Balaban J connectivity index is 1.70. The third kappa shape index (κ3) is 3.06. The zero-order chi connectivity index (χ0) is 14.7. The minimum absolute atomic E-state index is 0.142. The largest absolute Gasteiger partial charge is 0.381 e. The molecule has 2 N–H and O–H groups in total. The summed E-state index contributed by atoms with van der Waals surface area (Å²) in [5.74, 6) is -0.374. The van der Waals surface area contributed by atoms with Gasteiger partial charge < -0.3 is 5.32 Å². The molecule has 2 aromatic carbocycles. The van der Waals surface area contributed by atoms with Crippen molar-refractivity contribution in [1.82, 2.24) is 10.2 Å². The lowest BCUT2D eigenvalue weighted by molar-refractivity contribution is 0.613. The lowest BCUT2D eigenvalue weighted by atomic mass is 10.1. The summed E-state index contributed by atoms with van der Waals surface area (Å²) >= 11 is 5.76. The molecular weight excluding hydrogens is 289 g/mol. The molecule has 0 aliphatic heterocycles. The van der Waals surface area contributed by atoms with E-state index in [-0.39, 0.29) is 10.8 Å². The molecule has 3 nitrogen and oxygen atoms in total. The van der Waals surface area contributed by atoms with Crippen LogP contribution in [0.2, 0.25) is 5.02 Å². The minimum atomic E-state index is -0.374. The van der Waals surface area contributed by atoms with Gasteiger partial charge in [0.1, 0.15) is 5.82 Å². The fourth-order valence-corrected chi connectivity index (χ4v) is 2.26. The van der Waals surface area contributed by atoms with Gasteiger partial charge in [-0.2, -0.15) is 5.10 Å². The maximum atomic E-state index is 13.8. The summed E-state index contributed by atoms with van der Waals surface area (Å²) in [5, 5.41) is 10.1. The molecule has 0 spiro atoms. The fourth-order valence-electron chi connectivity index (χ4n) is 2.07. The van der Waals surface area contributed by atoms with Gasteiger partial charge in [0.25, 0.3) is 0 Å². The van der Waals surface area contributed by atoms with Crippen molar-refractivity contribution >= 4 is 17.3 Å². The second-order valence-electron chi connectivity index (χ2n) is 4.61. The van der Waals surface area contributed by atoms with Crippen LogP contribution in [0, 0.1) is 5.82 Å². The van der Waals surface area contributed by atoms with E-state index in [0.29, 0.717) is 12.1 Å². The molecule has 0 radical (unpaired) electrons. The number of anilines is 1. The van der Waals surface area contributed by atoms with Gasteiger partial charge in [0.2, 0.25) is 0 Å². The Morgan fingerprint density at radius 2 is 1.90 bits per heavy atom. The normalized spacial score (nSPS) is 10.6. The molecule has 0 amide bonds. The minimum Gasteiger partial charge on any atom is -0.381 e. The van der Waals surface area contributed by atoms with Crippen molar-refractivity contribution in [3.05, 3.63) is 71.1 Å². The zero-order valence-electron chi connectivity index (χ0n) is 11.1. The van der Waals surface area contributed by atoms with Crippen LogP contribution >= 0.6 is 11.6 Å². The monoisotopic (exact) mass is 301 g/mol. The predicted octanol–water partition coefficient (Wildman–Crippen LogP) is 4.48. The van der Waals surface area contributed by atoms with Gasteiger partial charge in [-0.25, -0.2) is 4.39 Å². The van der Waals surface area contributed by atoms with Crippen LogP contribution in [0.4, 0.5) is 10.1 Å². The van der Waals surface area contributed by atoms with Gasteiger partial charge in [-0.05, 0) is 29.8 Å². The topological polar surface area (TPSA) is 40.7 Å². The first-order valence-electron chi connectivity index (χ1n) is 6.50. The van der Waals surface area contributed by atoms with Crippen molar-refractivity contribution in [3.63, 3.8) is 0 Å². The van der Waals surface area contributed by atoms with E-state index in [1.165, 1.54) is 0 Å². The molecule has 0 aliphatic carbocycles. The Kier molecular flexibility index (Phi) is 3.88. The first kappa shape index (κ1) is 13.6. The van der Waals surface area contributed by atoms with Gasteiger partial charge in [0.15, 0.2) is 0 Å². The summed E-state index contributed by atoms with van der Waals surface area (Å²) in [7, 11) is 0. The van der Waals surface area contributed by atoms with Crippen LogP contribution in [-0.2, 0) is 6.54 Å². The molecule has 3 aromatic rings. The number of H-pyrrole nitrogens is 1. The van der Waals surface area contributed by atoms with Crippen molar-refractivity contribution < 1.29 is 4.39 Å². The van der Waals surface area contributed by atoms with Gasteiger partial charge >= 0.3 is 0 Å². The quantitative estimate of drug-likeness (QED) is 0.746. The Labute approximate surface area is 126 Å². The number of benzene rings is 2. The number of halogens is 2. The van der Waals surface area contributed by atoms with Gasteiger partial charge in [-0.15, -0.1) is 0 Å². The van der Waals surface area contributed by atoms with Crippen LogP contribution in [0.25, 0.3) is 11.3 Å². The molecule has 0 unspecified atom stereocenters. The first-order chi connectivity index (χ1) is 10.2. The fraction of sp³-hybridized carbons (Fsp3) is 0.0625. The third-order valence-corrected chi connectivity index (χ3v) is 3.50. The van der Waals surface area contributed by atoms with E-state index in [1.54, 1.807) is 24.4 Å². The molecule has 21 heavy (non-hydrogen) atoms. The smallest absolute Gasteiger partial charge is 0.146 e. The number of hydrogen-bond donors (Lipinski definition) is 2. The van der Waals surface area contributed by atoms with E-state index in [2.05, 4.69) is 15.5 Å². The van der Waals surface area contributed by atoms with Crippen LogP contribution in [-0.4, -0.2) is 10.2 Å². The van der Waals surface area contributed by atoms with Crippen LogP contribution in [0.5, 0.6) is 0 Å². The molecule has 0 fully saturated rings. The molecule has 0 aliphatic rings. The molecule has 5 heteroatoms. The highest BCUT2D eigenvalue weighted by Crippen LogP contribution is 2.21. The highest BCUT2D eigenvalue weighted by Gasteiger charge is 2.06. The van der Waals surface area contributed by atoms with Crippen molar-refractivity contribution in [2.24, 2.45) is 0 Å². The summed E-state index contributed by atoms with van der Waals surface area (Å²) in [4.78, 5) is 0. The Morgan fingerprint density at radius 3 is 2.62 bits per heavy atom. The lowest BCUT2D eigenvalue weighted by Crippen LogP contribution is -2.01. The zero-order valence-corrected chi connectivity index (χ0v) is 11.9. The SMILES string of the molecule is Fc1c(Cl)cccc1CNc1ccc(-c2ccn[nH]2)cc1. The molecule has 0 saturated heterocycles. The average Bonchev–Trinajstić information content (AvgIpc) is 3.04. The number of aromatic amines is 1. The lowest BCUT2D eigenvalue weighted by Gasteiger charge is -2.08. The van der Waals surface area contributed by atoms with E-state index in [1.807, 2.05) is 30.3 Å². The summed E-state index contributed by atoms with van der Waals surface area (Å²) in [6.45, 7) is 0.385. The molecule has 0 atom stereocenters. The van der Waals surface area contributed by atoms with Crippen molar-refractivity contribution in [3.8, 4) is 11.3 Å². The molecule has 1 heterocycles. The molecule has 3 rings (SSSR count). The third-order valence-electron chi connectivity index (χ3n) is 3.21. The molecule has 0 saturated carbocycles. The molecule has 1 aromatic heterocycles. The Morgan fingerprint density at radius 1 is 1.10 bits per heavy atom. The van der Waals surface area contributed by atoms with Crippen molar-refractivity contribution in [2.45, 2.75) is 6.54 Å². The highest BCUT2D eigenvalue weighted by atomic mass is 35.5. The van der Waals surface area contributed by atoms with Gasteiger partial charge in [-0.3, -0.25) is 5.10 Å². The summed E-state index contributed by atoms with van der Waals surface area (Å²) in [6.07, 6.45) is 1.71.